The molecule has 0 radical (unpaired) electrons. The number of hydroxylamine groups is 1. The monoisotopic (exact) mass is 1800 g/mol. The number of nitrogens with two attached hydrogens (primary N) is 1. The van der Waals surface area contributed by atoms with Crippen molar-refractivity contribution in [3.63, 3.8) is 0 Å². The maximum Gasteiger partial charge on any atom is 0.411 e. The number of rotatable bonds is 40. The lowest BCUT2D eigenvalue weighted by Crippen LogP contribution is -2.65. The number of amides is 7. The van der Waals surface area contributed by atoms with Crippen LogP contribution in [0, 0.1) is 34.2 Å². The zero-order valence-electron chi connectivity index (χ0n) is 67.2. The van der Waals surface area contributed by atoms with Crippen molar-refractivity contribution in [3.8, 4) is 40.9 Å². The number of allylic oxidation sites excluding steroid dienone is 3. The van der Waals surface area contributed by atoms with Crippen molar-refractivity contribution in [2.75, 3.05) is 67.5 Å². The molecule has 0 saturated carbocycles. The SMILES string of the molecule is CCN(C(C)=O)C1COC(OC2C(O[C@H]3C#C/C=C\C#C[C@]4(O)CC(=O)C(NC(=O)OC)=C3/C4=C\CSSC(C)(C)CC(=O)NCCNC(=O)[C@H](C)NC(=O)[C@H](CC(N)=O)NC(=O)CCCC(=O)O)OC(C)C(NOC3CC(O)C(SC(=O)c4c(C)c(I)c(OC(C)C(O)C(OC)C5OC5C)c(OC)c4OC)C(C)O3)C2O)CC1OC. The second kappa shape index (κ2) is 44.4. The number of nitrogens with one attached hydrogen (secondary N) is 6. The maximum atomic E-state index is 14.6. The molecule has 1 aromatic carbocycles. The van der Waals surface area contributed by atoms with Gasteiger partial charge in [-0.3, -0.25) is 53.3 Å². The van der Waals surface area contributed by atoms with Crippen LogP contribution < -0.4 is 52.0 Å². The summed E-state index contributed by atoms with van der Waals surface area (Å²) in [5.74, 6) is 6.03. The molecule has 17 unspecified atom stereocenters. The zero-order chi connectivity index (χ0) is 85.8. The van der Waals surface area contributed by atoms with E-state index in [1.54, 1.807) is 52.5 Å². The number of halogens is 1. The number of aliphatic hydroxyl groups excluding tert-OH is 3. The maximum absolute atomic E-state index is 14.6. The molecular formula is C76H107IN8O28S3. The lowest BCUT2D eigenvalue weighted by Gasteiger charge is -2.47. The molecule has 7 amide bonds. The molecule has 1 aromatic rings. The van der Waals surface area contributed by atoms with Crippen LogP contribution >= 0.6 is 55.9 Å². The molecule has 6 aliphatic rings. The van der Waals surface area contributed by atoms with Gasteiger partial charge in [0.2, 0.25) is 46.3 Å². The summed E-state index contributed by atoms with van der Waals surface area (Å²) in [5, 5.41) is 68.8. The molecule has 4 saturated heterocycles. The summed E-state index contributed by atoms with van der Waals surface area (Å²) < 4.78 is 72.6. The van der Waals surface area contributed by atoms with Crippen LogP contribution in [0.15, 0.2) is 35.1 Å². The molecule has 13 N–H and O–H groups in total. The predicted octanol–water partition coefficient (Wildman–Crippen LogP) is 1.77. The lowest BCUT2D eigenvalue weighted by molar-refractivity contribution is -0.337. The zero-order valence-corrected chi connectivity index (χ0v) is 71.8. The number of likely N-dealkylation sites (N-methyl/N-ethyl adjacent to an activating group) is 1. The first-order valence-electron chi connectivity index (χ1n) is 37.5. The topological polar surface area (TPSA) is 497 Å². The van der Waals surface area contributed by atoms with Gasteiger partial charge in [0.15, 0.2) is 41.8 Å². The van der Waals surface area contributed by atoms with Crippen LogP contribution in [-0.2, 0) is 85.8 Å². The van der Waals surface area contributed by atoms with Crippen molar-refractivity contribution in [3.05, 3.63) is 49.8 Å². The molecule has 40 heteroatoms. The van der Waals surface area contributed by atoms with Crippen molar-refractivity contribution in [1.82, 2.24) is 37.0 Å². The fourth-order valence-electron chi connectivity index (χ4n) is 13.6. The number of ketones is 1. The summed E-state index contributed by atoms with van der Waals surface area (Å²) in [5.41, 5.74) is 5.88. The number of alkyl carbamates (subject to hydrolysis) is 1. The second-order valence-electron chi connectivity index (χ2n) is 28.8. The van der Waals surface area contributed by atoms with Crippen molar-refractivity contribution in [1.29, 1.82) is 0 Å². The second-order valence-corrected chi connectivity index (χ2v) is 34.1. The highest BCUT2D eigenvalue weighted by molar-refractivity contribution is 14.1. The van der Waals surface area contributed by atoms with Gasteiger partial charge in [-0.05, 0) is 109 Å². The Bertz CT molecular complexity index is 3930. The van der Waals surface area contributed by atoms with E-state index in [2.05, 4.69) is 55.7 Å². The first-order valence-corrected chi connectivity index (χ1v) is 41.8. The van der Waals surface area contributed by atoms with Gasteiger partial charge in [0.25, 0.3) is 0 Å². The quantitative estimate of drug-likeness (QED) is 0.0111. The third-order valence-corrected chi connectivity index (χ3v) is 25.5. The number of carboxylic acids is 1. The highest BCUT2D eigenvalue weighted by atomic mass is 127. The van der Waals surface area contributed by atoms with E-state index < -0.39 is 191 Å². The lowest BCUT2D eigenvalue weighted by atomic mass is 9.75. The molecule has 116 heavy (non-hydrogen) atoms. The van der Waals surface area contributed by atoms with Gasteiger partial charge >= 0.3 is 12.1 Å². The number of ether oxygens (including phenoxy) is 12. The number of primary amides is 1. The number of hydrogen-bond donors (Lipinski definition) is 12. The molecule has 36 nitrogen and oxygen atoms in total. The molecule has 2 aliphatic carbocycles. The van der Waals surface area contributed by atoms with Crippen LogP contribution in [0.25, 0.3) is 0 Å². The molecule has 4 heterocycles. The minimum atomic E-state index is -2.28. The van der Waals surface area contributed by atoms with Crippen LogP contribution in [0.1, 0.15) is 130 Å². The van der Waals surface area contributed by atoms with E-state index in [4.69, 9.17) is 72.5 Å². The van der Waals surface area contributed by atoms with Crippen LogP contribution in [0.2, 0.25) is 0 Å². The summed E-state index contributed by atoms with van der Waals surface area (Å²) in [6.07, 6.45) is -14.9. The van der Waals surface area contributed by atoms with Gasteiger partial charge in [-0.1, -0.05) is 63.1 Å². The molecule has 0 spiro atoms. The number of epoxide rings is 1. The van der Waals surface area contributed by atoms with Gasteiger partial charge in [0.1, 0.15) is 54.8 Å². The van der Waals surface area contributed by atoms with Crippen LogP contribution in [0.3, 0.4) is 0 Å². The molecule has 7 rings (SSSR count). The highest BCUT2D eigenvalue weighted by Crippen LogP contribution is 2.49. The summed E-state index contributed by atoms with van der Waals surface area (Å²) >= 11 is 2.85. The van der Waals surface area contributed by atoms with E-state index in [1.165, 1.54) is 76.0 Å². The number of thioether (sulfide) groups is 1. The molecule has 4 aliphatic heterocycles. The Morgan fingerprint density at radius 3 is 2.19 bits per heavy atom. The Morgan fingerprint density at radius 1 is 0.879 bits per heavy atom. The highest BCUT2D eigenvalue weighted by Gasteiger charge is 2.53. The minimum absolute atomic E-state index is 0.00501. The number of carboxylic acid groups (broad SMARTS) is 1. The van der Waals surface area contributed by atoms with Gasteiger partial charge in [-0.15, -0.1) is 0 Å². The number of nitrogens with zero attached hydrogens (tertiary/aromatic N) is 1. The third kappa shape index (κ3) is 25.8. The van der Waals surface area contributed by atoms with Gasteiger partial charge in [0, 0.05) is 94.5 Å². The molecular weight excluding hydrogens is 1700 g/mol. The first kappa shape index (κ1) is 96.2. The summed E-state index contributed by atoms with van der Waals surface area (Å²) in [7, 11) is 9.30. The summed E-state index contributed by atoms with van der Waals surface area (Å²) in [4.78, 5) is 137. The third-order valence-electron chi connectivity index (χ3n) is 19.7. The Kier molecular flexibility index (Phi) is 36.8. The van der Waals surface area contributed by atoms with Crippen molar-refractivity contribution in [2.24, 2.45) is 5.73 Å². The molecule has 4 fully saturated rings. The van der Waals surface area contributed by atoms with E-state index in [0.717, 1.165) is 18.9 Å². The van der Waals surface area contributed by atoms with Gasteiger partial charge in [-0.2, -0.15) is 5.48 Å². The first-order chi connectivity index (χ1) is 54.9. The Balaban J connectivity index is 1.07. The average Bonchev–Trinajstić information content (AvgIpc) is 1.20. The van der Waals surface area contributed by atoms with Crippen LogP contribution in [-0.4, -0.2) is 288 Å². The number of hydrogen-bond acceptors (Lipinski definition) is 31. The number of Topliss-reactive ketones (excluding diaryl/α,β-unsaturated/α-hetero) is 1. The Labute approximate surface area is 698 Å². The number of carbonyl (C=O) groups excluding carboxylic acids is 9. The minimum Gasteiger partial charge on any atom is -0.492 e. The normalized spacial score (nSPS) is 28.2. The standard InChI is InChI=1S/C76H107IN8O28S3/c1-16-85(42(8)86)45-35-106-54(32-49(45)101-11)112-67-62(95)59(84-113-55-31-46(87)69(41(7)107-55)115-72(98)56-36(2)58(77)65(68(104-14)64(56)102-12)108-39(5)61(94)66(103-13)63-40(6)109-63)38(4)110-73(67)111-48-22-19-17-18-20-26-76(100)33-47(88)60(83-74(99)105-15)57(48)43(76)25-29-114-116-75(9,10)34-52(91)79-27-28-80-70(96)37(3)81-71(97)44(30-50(78)89)82-51(90)23-21-24-53(92)93/h17-18,25,37-41,44-46,48-49,54-55,59,61-63,66-67,69,73,84,87,94-95,100H,16,21,23-24,27-35H2,1-15H3,(H2,78,89)(H,79,91)(H,80,96)(H,81,97)(H,82,90)(H,83,99)(H,92,93)/b18-17-,43-25+/t37-,38?,39?,40?,41?,44-,45?,46?,48-,49?,54?,55?,59?,61?,62?,63?,66?,67?,69?,73?,76-/m0/s1. The fraction of sp³-hybridized carbons (Fsp3) is 0.658. The smallest absolute Gasteiger partial charge is 0.411 e. The molecule has 2 bridgehead atoms. The molecule has 21 atom stereocenters. The van der Waals surface area contributed by atoms with Gasteiger partial charge in [0.05, 0.1) is 103 Å². The predicted molar refractivity (Wildman–Crippen MR) is 429 cm³/mol. The number of benzene rings is 1. The van der Waals surface area contributed by atoms with E-state index in [1.807, 2.05) is 36.4 Å². The van der Waals surface area contributed by atoms with Crippen LogP contribution in [0.4, 0.5) is 4.79 Å². The average molecular weight is 1800 g/mol. The largest absolute Gasteiger partial charge is 0.492 e. The summed E-state index contributed by atoms with van der Waals surface area (Å²) in [6.45, 7) is 16.8. The Morgan fingerprint density at radius 2 is 1.57 bits per heavy atom. The van der Waals surface area contributed by atoms with Gasteiger partial charge < -0.3 is 114 Å². The fourth-order valence-corrected chi connectivity index (χ4v) is 17.8. The van der Waals surface area contributed by atoms with Gasteiger partial charge in [-0.25, -0.2) is 4.79 Å². The van der Waals surface area contributed by atoms with Crippen molar-refractivity contribution >= 4 is 114 Å². The van der Waals surface area contributed by atoms with Crippen molar-refractivity contribution < 1.29 is 135 Å². The van der Waals surface area contributed by atoms with Crippen LogP contribution in [0.5, 0.6) is 17.2 Å². The molecule has 644 valence electrons. The Hall–Kier alpha value is -6.92. The summed E-state index contributed by atoms with van der Waals surface area (Å²) in [6, 6.07) is -4.39. The van der Waals surface area contributed by atoms with Crippen molar-refractivity contribution in [2.45, 2.75) is 252 Å². The molecule has 0 aromatic heterocycles. The van der Waals surface area contributed by atoms with E-state index in [0.29, 0.717) is 15.7 Å². The number of carbonyl (C=O) groups is 10. The number of aliphatic hydroxyl groups is 4. The van der Waals surface area contributed by atoms with E-state index in [-0.39, 0.29) is 116 Å². The number of aliphatic carboxylic acids is 1. The van der Waals surface area contributed by atoms with E-state index >= 15 is 0 Å². The number of fused-ring (bicyclic) bond motifs is 2. The van der Waals surface area contributed by atoms with E-state index in [9.17, 15) is 68.4 Å². The number of methoxy groups -OCH3 is 5.